The lowest BCUT2D eigenvalue weighted by molar-refractivity contribution is 0.462. The fraction of sp³-hybridized carbons (Fsp3) is 0.286. The summed E-state index contributed by atoms with van der Waals surface area (Å²) >= 11 is 5.79. The Balaban J connectivity index is 1.77. The molecule has 0 amide bonds. The number of hydrogen-bond donors (Lipinski definition) is 2. The average Bonchev–Trinajstić information content (AvgIpc) is 2.84. The molecular formula is C14H17ClN2O3S. The summed E-state index contributed by atoms with van der Waals surface area (Å²) in [4.78, 5) is 0.164. The molecule has 0 bridgehead atoms. The van der Waals surface area contributed by atoms with E-state index in [0.717, 1.165) is 11.5 Å². The highest BCUT2D eigenvalue weighted by molar-refractivity contribution is 7.89. The monoisotopic (exact) mass is 328 g/mol. The molecule has 1 aromatic heterocycles. The second-order valence-corrected chi connectivity index (χ2v) is 6.75. The summed E-state index contributed by atoms with van der Waals surface area (Å²) < 4.78 is 31.9. The minimum absolute atomic E-state index is 0.164. The summed E-state index contributed by atoms with van der Waals surface area (Å²) in [6.07, 6.45) is 0. The van der Waals surface area contributed by atoms with Crippen LogP contribution in [0.15, 0.2) is 45.7 Å². The highest BCUT2D eigenvalue weighted by Gasteiger charge is 2.13. The molecule has 0 unspecified atom stereocenters. The van der Waals surface area contributed by atoms with Crippen LogP contribution in [0.4, 0.5) is 0 Å². The summed E-state index contributed by atoms with van der Waals surface area (Å²) in [7, 11) is -3.52. The quantitative estimate of drug-likeness (QED) is 0.765. The second-order valence-electron chi connectivity index (χ2n) is 4.54. The predicted octanol–water partition coefficient (Wildman–Crippen LogP) is 2.31. The Hall–Kier alpha value is -1.34. The van der Waals surface area contributed by atoms with Crippen LogP contribution in [0.5, 0.6) is 0 Å². The van der Waals surface area contributed by atoms with E-state index in [1.807, 2.05) is 19.1 Å². The van der Waals surface area contributed by atoms with Gasteiger partial charge in [0.15, 0.2) is 0 Å². The maximum atomic E-state index is 12.0. The molecule has 0 saturated carbocycles. The van der Waals surface area contributed by atoms with Crippen LogP contribution in [0.3, 0.4) is 0 Å². The summed E-state index contributed by atoms with van der Waals surface area (Å²) in [5.74, 6) is 1.68. The number of aryl methyl sites for hydroxylation is 1. The number of benzene rings is 1. The first kappa shape index (κ1) is 16.0. The predicted molar refractivity (Wildman–Crippen MR) is 81.8 cm³/mol. The van der Waals surface area contributed by atoms with Crippen molar-refractivity contribution >= 4 is 21.6 Å². The summed E-state index contributed by atoms with van der Waals surface area (Å²) in [5, 5.41) is 3.50. The van der Waals surface area contributed by atoms with E-state index in [0.29, 0.717) is 18.1 Å². The van der Waals surface area contributed by atoms with Crippen molar-refractivity contribution in [3.05, 3.63) is 52.9 Å². The van der Waals surface area contributed by atoms with Gasteiger partial charge in [-0.1, -0.05) is 17.7 Å². The van der Waals surface area contributed by atoms with E-state index in [4.69, 9.17) is 16.0 Å². The van der Waals surface area contributed by atoms with Gasteiger partial charge in [0.2, 0.25) is 10.0 Å². The van der Waals surface area contributed by atoms with Gasteiger partial charge in [0.25, 0.3) is 0 Å². The van der Waals surface area contributed by atoms with Gasteiger partial charge in [0.05, 0.1) is 11.4 Å². The Kier molecular flexibility index (Phi) is 5.41. The molecule has 0 radical (unpaired) electrons. The van der Waals surface area contributed by atoms with Crippen molar-refractivity contribution in [3.63, 3.8) is 0 Å². The number of furan rings is 1. The van der Waals surface area contributed by atoms with Crippen molar-refractivity contribution in [2.45, 2.75) is 18.4 Å². The number of nitrogens with one attached hydrogen (secondary N) is 2. The lowest BCUT2D eigenvalue weighted by Gasteiger charge is -2.07. The third-order valence-corrected chi connectivity index (χ3v) is 4.49. The van der Waals surface area contributed by atoms with E-state index in [1.165, 1.54) is 12.1 Å². The van der Waals surface area contributed by atoms with Crippen LogP contribution in [-0.4, -0.2) is 21.5 Å². The molecular weight excluding hydrogens is 312 g/mol. The van der Waals surface area contributed by atoms with Crippen molar-refractivity contribution in [1.82, 2.24) is 10.0 Å². The summed E-state index contributed by atoms with van der Waals surface area (Å²) in [6, 6.07) is 9.94. The van der Waals surface area contributed by atoms with Crippen molar-refractivity contribution in [2.24, 2.45) is 0 Å². The fourth-order valence-electron chi connectivity index (χ4n) is 1.78. The van der Waals surface area contributed by atoms with E-state index >= 15 is 0 Å². The SMILES string of the molecule is Cc1ccc(CNCCNS(=O)(=O)c2cccc(Cl)c2)o1. The standard InChI is InChI=1S/C14H17ClN2O3S/c1-11-5-6-13(20-11)10-16-7-8-17-21(18,19)14-4-2-3-12(15)9-14/h2-6,9,16-17H,7-8,10H2,1H3. The molecule has 7 heteroatoms. The molecule has 0 aliphatic heterocycles. The van der Waals surface area contributed by atoms with Crippen molar-refractivity contribution in [2.75, 3.05) is 13.1 Å². The first-order valence-electron chi connectivity index (χ1n) is 6.49. The molecule has 0 saturated heterocycles. The highest BCUT2D eigenvalue weighted by atomic mass is 35.5. The Morgan fingerprint density at radius 1 is 1.19 bits per heavy atom. The Bertz CT molecular complexity index is 698. The number of halogens is 1. The van der Waals surface area contributed by atoms with Gasteiger partial charge in [0.1, 0.15) is 11.5 Å². The van der Waals surface area contributed by atoms with Gasteiger partial charge in [-0.3, -0.25) is 0 Å². The maximum Gasteiger partial charge on any atom is 0.240 e. The van der Waals surface area contributed by atoms with Crippen LogP contribution >= 0.6 is 11.6 Å². The molecule has 0 atom stereocenters. The molecule has 0 fully saturated rings. The molecule has 2 N–H and O–H groups in total. The van der Waals surface area contributed by atoms with E-state index in [9.17, 15) is 8.42 Å². The van der Waals surface area contributed by atoms with Crippen LogP contribution < -0.4 is 10.0 Å². The van der Waals surface area contributed by atoms with E-state index < -0.39 is 10.0 Å². The molecule has 114 valence electrons. The minimum atomic E-state index is -3.52. The van der Waals surface area contributed by atoms with Crippen LogP contribution in [-0.2, 0) is 16.6 Å². The Morgan fingerprint density at radius 2 is 2.00 bits per heavy atom. The molecule has 5 nitrogen and oxygen atoms in total. The minimum Gasteiger partial charge on any atom is -0.465 e. The molecule has 0 spiro atoms. The molecule has 2 rings (SSSR count). The number of hydrogen-bond acceptors (Lipinski definition) is 4. The van der Waals surface area contributed by atoms with E-state index in [2.05, 4.69) is 10.0 Å². The smallest absolute Gasteiger partial charge is 0.240 e. The highest BCUT2D eigenvalue weighted by Crippen LogP contribution is 2.14. The number of sulfonamides is 1. The lowest BCUT2D eigenvalue weighted by atomic mass is 10.4. The van der Waals surface area contributed by atoms with Crippen LogP contribution in [0, 0.1) is 6.92 Å². The first-order valence-corrected chi connectivity index (χ1v) is 8.35. The fourth-order valence-corrected chi connectivity index (χ4v) is 3.12. The van der Waals surface area contributed by atoms with Gasteiger partial charge < -0.3 is 9.73 Å². The van der Waals surface area contributed by atoms with Crippen LogP contribution in [0.25, 0.3) is 0 Å². The van der Waals surface area contributed by atoms with Gasteiger partial charge in [-0.25, -0.2) is 13.1 Å². The second kappa shape index (κ2) is 7.09. The third kappa shape index (κ3) is 4.86. The lowest BCUT2D eigenvalue weighted by Crippen LogP contribution is -2.31. The number of rotatable bonds is 7. The molecule has 0 aliphatic rings. The van der Waals surface area contributed by atoms with E-state index in [-0.39, 0.29) is 11.4 Å². The largest absolute Gasteiger partial charge is 0.465 e. The summed E-state index contributed by atoms with van der Waals surface area (Å²) in [6.45, 7) is 3.23. The average molecular weight is 329 g/mol. The molecule has 1 aromatic carbocycles. The first-order chi connectivity index (χ1) is 9.97. The van der Waals surface area contributed by atoms with Gasteiger partial charge in [-0.2, -0.15) is 0 Å². The zero-order valence-electron chi connectivity index (χ0n) is 11.6. The normalized spacial score (nSPS) is 11.7. The van der Waals surface area contributed by atoms with Gasteiger partial charge in [-0.05, 0) is 37.3 Å². The Morgan fingerprint density at radius 3 is 2.67 bits per heavy atom. The zero-order chi connectivity index (χ0) is 15.3. The molecule has 1 heterocycles. The molecule has 2 aromatic rings. The van der Waals surface area contributed by atoms with Gasteiger partial charge in [-0.15, -0.1) is 0 Å². The van der Waals surface area contributed by atoms with Crippen LogP contribution in [0.1, 0.15) is 11.5 Å². The van der Waals surface area contributed by atoms with Crippen molar-refractivity contribution in [1.29, 1.82) is 0 Å². The third-order valence-electron chi connectivity index (χ3n) is 2.80. The molecule has 0 aliphatic carbocycles. The van der Waals surface area contributed by atoms with Gasteiger partial charge in [0, 0.05) is 18.1 Å². The molecule has 21 heavy (non-hydrogen) atoms. The van der Waals surface area contributed by atoms with Crippen LogP contribution in [0.2, 0.25) is 5.02 Å². The van der Waals surface area contributed by atoms with E-state index in [1.54, 1.807) is 12.1 Å². The van der Waals surface area contributed by atoms with Gasteiger partial charge >= 0.3 is 0 Å². The zero-order valence-corrected chi connectivity index (χ0v) is 13.2. The maximum absolute atomic E-state index is 12.0. The summed E-state index contributed by atoms with van der Waals surface area (Å²) in [5.41, 5.74) is 0. The van der Waals surface area contributed by atoms with Crippen molar-refractivity contribution < 1.29 is 12.8 Å². The Labute approximate surface area is 129 Å². The van der Waals surface area contributed by atoms with Crippen molar-refractivity contribution in [3.8, 4) is 0 Å². The topological polar surface area (TPSA) is 71.3 Å².